The van der Waals surface area contributed by atoms with Crippen LogP contribution in [0.15, 0.2) is 88.9 Å². The summed E-state index contributed by atoms with van der Waals surface area (Å²) in [4.78, 5) is 4.28. The van der Waals surface area contributed by atoms with Crippen LogP contribution >= 0.6 is 34.0 Å². The Morgan fingerprint density at radius 3 is 0.784 bits per heavy atom. The average Bonchev–Trinajstić information content (AvgIpc) is 2.60. The molecule has 0 bridgehead atoms. The minimum absolute atomic E-state index is 1.15. The molecule has 0 fully saturated rings. The van der Waals surface area contributed by atoms with E-state index in [1.807, 2.05) is 34.0 Å². The van der Waals surface area contributed by atoms with Gasteiger partial charge in [-0.05, 0) is 246 Å². The van der Waals surface area contributed by atoms with Crippen molar-refractivity contribution < 1.29 is 0 Å². The summed E-state index contributed by atoms with van der Waals surface area (Å²) in [5.74, 6) is 0. The Balaban J connectivity index is 1.46. The Labute approximate surface area is 553 Å². The zero-order chi connectivity index (χ0) is 62.1. The standard InChI is InChI=1S/C85H122S3/c1-10-18-26-34-42-66-50-53-77(72(65(66)9)45-37-29-21-13-4)80-56-59-86-83(80)69-62-70(84-81(57-60-87-84)78-54-51-67(43-35-27-19-11-2)73(46-38-30-22-14-5)75(78)48-40-32-24-16-7)64-71(63-69)85-82(58-61-88-85)79-55-52-68(44-36-28-20-12-3)74(47-39-31-23-15-6)76(79)49-41-33-25-17-8/h50-64H,10-49H2,1-9H3. The van der Waals surface area contributed by atoms with Crippen molar-refractivity contribution in [3.05, 3.63) is 139 Å². The van der Waals surface area contributed by atoms with Gasteiger partial charge in [0.2, 0.25) is 0 Å². The molecular formula is C85H122S3. The quantitative estimate of drug-likeness (QED) is 0.0334. The van der Waals surface area contributed by atoms with Gasteiger partial charge in [-0.25, -0.2) is 0 Å². The molecule has 3 aromatic heterocycles. The maximum absolute atomic E-state index is 2.64. The third-order valence-electron chi connectivity index (χ3n) is 19.7. The molecule has 88 heavy (non-hydrogen) atoms. The molecule has 7 rings (SSSR count). The normalized spacial score (nSPS) is 11.7. The van der Waals surface area contributed by atoms with Crippen LogP contribution in [0.5, 0.6) is 0 Å². The number of hydrogen-bond donors (Lipinski definition) is 0. The molecule has 7 aromatic rings. The van der Waals surface area contributed by atoms with Crippen molar-refractivity contribution in [2.45, 2.75) is 319 Å². The van der Waals surface area contributed by atoms with Gasteiger partial charge in [-0.3, -0.25) is 0 Å². The minimum atomic E-state index is 1.15. The highest BCUT2D eigenvalue weighted by atomic mass is 32.1. The zero-order valence-corrected chi connectivity index (χ0v) is 60.1. The van der Waals surface area contributed by atoms with Crippen molar-refractivity contribution in [3.63, 3.8) is 0 Å². The first kappa shape index (κ1) is 71.4. The summed E-state index contributed by atoms with van der Waals surface area (Å²) < 4.78 is 0. The third kappa shape index (κ3) is 20.7. The summed E-state index contributed by atoms with van der Waals surface area (Å²) in [6.45, 7) is 21.3. The first-order valence-corrected chi connectivity index (χ1v) is 39.8. The first-order chi connectivity index (χ1) is 43.3. The summed E-state index contributed by atoms with van der Waals surface area (Å²) in [7, 11) is 0. The molecule has 0 atom stereocenters. The van der Waals surface area contributed by atoms with Crippen molar-refractivity contribution in [3.8, 4) is 64.7 Å². The van der Waals surface area contributed by atoms with E-state index in [1.165, 1.54) is 315 Å². The molecule has 0 N–H and O–H groups in total. The van der Waals surface area contributed by atoms with Crippen molar-refractivity contribution in [2.24, 2.45) is 0 Å². The van der Waals surface area contributed by atoms with E-state index in [0.717, 1.165) is 6.42 Å². The summed E-state index contributed by atoms with van der Waals surface area (Å²) in [6.07, 6.45) is 51.2. The van der Waals surface area contributed by atoms with Crippen molar-refractivity contribution in [1.29, 1.82) is 0 Å². The van der Waals surface area contributed by atoms with Gasteiger partial charge in [0.25, 0.3) is 0 Å². The largest absolute Gasteiger partial charge is 0.143 e. The number of unbranched alkanes of at least 4 members (excludes halogenated alkanes) is 24. The van der Waals surface area contributed by atoms with Gasteiger partial charge in [-0.15, -0.1) is 34.0 Å². The highest BCUT2D eigenvalue weighted by Gasteiger charge is 2.24. The Hall–Kier alpha value is -4.02. The Morgan fingerprint density at radius 2 is 0.477 bits per heavy atom. The number of thiophene rings is 3. The average molecular weight is 1240 g/mol. The molecule has 4 aromatic carbocycles. The van der Waals surface area contributed by atoms with Gasteiger partial charge < -0.3 is 0 Å². The van der Waals surface area contributed by atoms with E-state index >= 15 is 0 Å². The van der Waals surface area contributed by atoms with E-state index in [9.17, 15) is 0 Å². The van der Waals surface area contributed by atoms with E-state index in [4.69, 9.17) is 0 Å². The van der Waals surface area contributed by atoms with Gasteiger partial charge in [-0.1, -0.05) is 246 Å². The highest BCUT2D eigenvalue weighted by molar-refractivity contribution is 7.15. The van der Waals surface area contributed by atoms with E-state index in [-0.39, 0.29) is 0 Å². The number of hydrogen-bond acceptors (Lipinski definition) is 3. The van der Waals surface area contributed by atoms with Crippen LogP contribution in [-0.2, 0) is 51.4 Å². The fourth-order valence-corrected chi connectivity index (χ4v) is 17.1. The van der Waals surface area contributed by atoms with E-state index in [1.54, 1.807) is 50.1 Å². The molecule has 0 saturated carbocycles. The van der Waals surface area contributed by atoms with E-state index in [2.05, 4.69) is 151 Å². The fraction of sp³-hybridized carbons (Fsp3) is 0.576. The number of aryl methyl sites for hydroxylation is 3. The van der Waals surface area contributed by atoms with Gasteiger partial charge in [0.05, 0.1) is 0 Å². The van der Waals surface area contributed by atoms with Gasteiger partial charge in [0.1, 0.15) is 0 Å². The number of rotatable bonds is 46. The van der Waals surface area contributed by atoms with Crippen molar-refractivity contribution in [1.82, 2.24) is 0 Å². The highest BCUT2D eigenvalue weighted by Crippen LogP contribution is 2.49. The van der Waals surface area contributed by atoms with Crippen LogP contribution in [0.25, 0.3) is 64.7 Å². The van der Waals surface area contributed by atoms with Gasteiger partial charge in [-0.2, -0.15) is 0 Å². The molecule has 0 amide bonds. The molecule has 0 nitrogen and oxygen atoms in total. The predicted octanol–water partition coefficient (Wildman–Crippen LogP) is 29.2. The smallest absolute Gasteiger partial charge is 0.0421 e. The van der Waals surface area contributed by atoms with Crippen LogP contribution < -0.4 is 0 Å². The summed E-state index contributed by atoms with van der Waals surface area (Å²) >= 11 is 5.93. The molecule has 0 aliphatic carbocycles. The molecule has 0 aliphatic rings. The lowest BCUT2D eigenvalue weighted by molar-refractivity contribution is 0.640. The second-order valence-electron chi connectivity index (χ2n) is 26.6. The molecule has 0 unspecified atom stereocenters. The topological polar surface area (TPSA) is 0 Å². The van der Waals surface area contributed by atoms with Crippen molar-refractivity contribution in [2.75, 3.05) is 0 Å². The molecule has 0 saturated heterocycles. The second-order valence-corrected chi connectivity index (χ2v) is 29.4. The van der Waals surface area contributed by atoms with Crippen LogP contribution in [-0.4, -0.2) is 0 Å². The molecule has 3 heteroatoms. The first-order valence-electron chi connectivity index (χ1n) is 37.1. The van der Waals surface area contributed by atoms with Crippen LogP contribution in [0.2, 0.25) is 0 Å². The molecule has 0 aliphatic heterocycles. The summed E-state index contributed by atoms with van der Waals surface area (Å²) in [5, 5.41) is 7.27. The van der Waals surface area contributed by atoms with Gasteiger partial charge in [0.15, 0.2) is 0 Å². The molecule has 0 spiro atoms. The predicted molar refractivity (Wildman–Crippen MR) is 400 cm³/mol. The molecule has 3 heterocycles. The molecule has 0 radical (unpaired) electrons. The van der Waals surface area contributed by atoms with Crippen LogP contribution in [0.4, 0.5) is 0 Å². The SMILES string of the molecule is CCCCCCc1ccc(-c2ccsc2-c2cc(-c3sccc3-c3ccc(CCCCCC)c(CCCCCC)c3CCCCCC)cc(-c3sccc3-c3ccc(CCCCCC)c(CCCCCC)c3CCCCCC)c2)c(CCCCCC)c1C. The third-order valence-corrected chi connectivity index (χ3v) is 22.5. The number of benzene rings is 4. The zero-order valence-electron chi connectivity index (χ0n) is 57.7. The monoisotopic (exact) mass is 1240 g/mol. The van der Waals surface area contributed by atoms with Crippen LogP contribution in [0.1, 0.15) is 311 Å². The lowest BCUT2D eigenvalue weighted by atomic mass is 9.84. The van der Waals surface area contributed by atoms with Crippen LogP contribution in [0, 0.1) is 6.92 Å². The van der Waals surface area contributed by atoms with Crippen molar-refractivity contribution >= 4 is 34.0 Å². The summed E-state index contributed by atoms with van der Waals surface area (Å²) in [5.41, 5.74) is 27.6. The lowest BCUT2D eigenvalue weighted by Crippen LogP contribution is -2.05. The van der Waals surface area contributed by atoms with E-state index in [0.29, 0.717) is 0 Å². The maximum Gasteiger partial charge on any atom is 0.0421 e. The Morgan fingerprint density at radius 1 is 0.227 bits per heavy atom. The second kappa shape index (κ2) is 40.8. The molecular weight excluding hydrogens is 1120 g/mol. The van der Waals surface area contributed by atoms with Crippen LogP contribution in [0.3, 0.4) is 0 Å². The Kier molecular flexibility index (Phi) is 33.1. The fourth-order valence-electron chi connectivity index (χ4n) is 14.4. The lowest BCUT2D eigenvalue weighted by Gasteiger charge is -2.21. The maximum atomic E-state index is 2.64. The van der Waals surface area contributed by atoms with Gasteiger partial charge in [0, 0.05) is 31.3 Å². The Bertz CT molecular complexity index is 2910. The van der Waals surface area contributed by atoms with E-state index < -0.39 is 0 Å². The summed E-state index contributed by atoms with van der Waals surface area (Å²) in [6, 6.07) is 30.9. The minimum Gasteiger partial charge on any atom is -0.143 e. The molecule has 480 valence electrons. The van der Waals surface area contributed by atoms with Gasteiger partial charge >= 0.3 is 0 Å².